The second kappa shape index (κ2) is 5.13. The highest BCUT2D eigenvalue weighted by atomic mass is 19.4. The van der Waals surface area contributed by atoms with Crippen molar-refractivity contribution >= 4 is 11.4 Å². The molecule has 96 valence electrons. The molecule has 0 saturated carbocycles. The van der Waals surface area contributed by atoms with Crippen LogP contribution < -0.4 is 15.8 Å². The quantitative estimate of drug-likeness (QED) is 0.710. The van der Waals surface area contributed by atoms with Crippen LogP contribution in [0.4, 0.5) is 24.5 Å². The maximum absolute atomic E-state index is 12.0. The number of alkyl halides is 3. The van der Waals surface area contributed by atoms with E-state index >= 15 is 0 Å². The van der Waals surface area contributed by atoms with Gasteiger partial charge in [-0.15, -0.1) is 0 Å². The molecule has 0 spiro atoms. The predicted molar refractivity (Wildman–Crippen MR) is 58.0 cm³/mol. The SMILES string of the molecule is COc1cc(N)cc(NCC(O)C(F)(F)F)c1. The number of hydrogen-bond acceptors (Lipinski definition) is 4. The Morgan fingerprint density at radius 2 is 2.06 bits per heavy atom. The van der Waals surface area contributed by atoms with Gasteiger partial charge in [-0.25, -0.2) is 0 Å². The summed E-state index contributed by atoms with van der Waals surface area (Å²) in [6.45, 7) is -0.643. The molecule has 0 heterocycles. The summed E-state index contributed by atoms with van der Waals surface area (Å²) < 4.78 is 41.0. The van der Waals surface area contributed by atoms with Crippen LogP contribution >= 0.6 is 0 Å². The van der Waals surface area contributed by atoms with Crippen molar-refractivity contribution in [2.24, 2.45) is 0 Å². The van der Waals surface area contributed by atoms with Crippen LogP contribution in [0, 0.1) is 0 Å². The van der Waals surface area contributed by atoms with E-state index in [1.807, 2.05) is 0 Å². The summed E-state index contributed by atoms with van der Waals surface area (Å²) in [6, 6.07) is 4.47. The van der Waals surface area contributed by atoms with E-state index in [1.54, 1.807) is 0 Å². The molecule has 0 aromatic heterocycles. The van der Waals surface area contributed by atoms with Gasteiger partial charge in [-0.3, -0.25) is 0 Å². The minimum atomic E-state index is -4.64. The highest BCUT2D eigenvalue weighted by Gasteiger charge is 2.37. The van der Waals surface area contributed by atoms with Crippen LogP contribution in [0.15, 0.2) is 18.2 Å². The molecule has 1 aromatic rings. The number of anilines is 2. The summed E-state index contributed by atoms with van der Waals surface area (Å²) in [5.41, 5.74) is 6.23. The van der Waals surface area contributed by atoms with Crippen LogP contribution in [0.2, 0.25) is 0 Å². The van der Waals surface area contributed by atoms with Gasteiger partial charge in [-0.1, -0.05) is 0 Å². The minimum absolute atomic E-state index is 0.352. The summed E-state index contributed by atoms with van der Waals surface area (Å²) >= 11 is 0. The van der Waals surface area contributed by atoms with Crippen molar-refractivity contribution in [3.05, 3.63) is 18.2 Å². The molecule has 0 radical (unpaired) electrons. The Kier molecular flexibility index (Phi) is 4.06. The molecule has 0 amide bonds. The Morgan fingerprint density at radius 1 is 1.41 bits per heavy atom. The summed E-state index contributed by atoms with van der Waals surface area (Å²) in [5.74, 6) is 0.425. The average Bonchev–Trinajstić information content (AvgIpc) is 2.23. The molecule has 0 aliphatic carbocycles. The summed E-state index contributed by atoms with van der Waals surface area (Å²) in [6.07, 6.45) is -7.06. The van der Waals surface area contributed by atoms with Gasteiger partial charge in [0.1, 0.15) is 5.75 Å². The van der Waals surface area contributed by atoms with Gasteiger partial charge in [-0.2, -0.15) is 13.2 Å². The van der Waals surface area contributed by atoms with Crippen molar-refractivity contribution in [3.63, 3.8) is 0 Å². The van der Waals surface area contributed by atoms with Crippen LogP contribution in [0.5, 0.6) is 5.75 Å². The van der Waals surface area contributed by atoms with Crippen molar-refractivity contribution in [3.8, 4) is 5.75 Å². The first-order valence-corrected chi connectivity index (χ1v) is 4.76. The number of ether oxygens (including phenoxy) is 1. The van der Waals surface area contributed by atoms with Gasteiger partial charge in [0.15, 0.2) is 6.10 Å². The Labute approximate surface area is 96.2 Å². The lowest BCUT2D eigenvalue weighted by molar-refractivity contribution is -0.198. The molecule has 0 aliphatic rings. The number of aliphatic hydroxyl groups excluding tert-OH is 1. The Balaban J connectivity index is 2.66. The topological polar surface area (TPSA) is 67.5 Å². The first-order chi connectivity index (χ1) is 7.82. The molecule has 1 atom stereocenters. The molecule has 0 fully saturated rings. The Bertz CT molecular complexity index is 382. The second-order valence-electron chi connectivity index (χ2n) is 3.43. The number of aliphatic hydroxyl groups is 1. The van der Waals surface area contributed by atoms with Gasteiger partial charge in [0, 0.05) is 30.1 Å². The lowest BCUT2D eigenvalue weighted by atomic mass is 10.2. The molecule has 7 heteroatoms. The first-order valence-electron chi connectivity index (χ1n) is 4.76. The third-order valence-corrected chi connectivity index (χ3v) is 2.04. The zero-order valence-corrected chi connectivity index (χ0v) is 9.08. The standard InChI is InChI=1S/C10H13F3N2O2/c1-17-8-3-6(14)2-7(4-8)15-5-9(16)10(11,12)13/h2-4,9,15-16H,5,14H2,1H3. The highest BCUT2D eigenvalue weighted by Crippen LogP contribution is 2.24. The fraction of sp³-hybridized carbons (Fsp3) is 0.400. The van der Waals surface area contributed by atoms with Crippen molar-refractivity contribution in [1.29, 1.82) is 0 Å². The number of nitrogen functional groups attached to an aromatic ring is 1. The smallest absolute Gasteiger partial charge is 0.416 e. The van der Waals surface area contributed by atoms with Crippen molar-refractivity contribution in [2.45, 2.75) is 12.3 Å². The summed E-state index contributed by atoms with van der Waals surface area (Å²) in [5, 5.41) is 11.2. The molecule has 4 N–H and O–H groups in total. The Morgan fingerprint density at radius 3 is 2.59 bits per heavy atom. The maximum Gasteiger partial charge on any atom is 0.416 e. The molecule has 0 bridgehead atoms. The second-order valence-corrected chi connectivity index (χ2v) is 3.43. The largest absolute Gasteiger partial charge is 0.497 e. The maximum atomic E-state index is 12.0. The van der Waals surface area contributed by atoms with Crippen molar-refractivity contribution in [2.75, 3.05) is 24.7 Å². The van der Waals surface area contributed by atoms with Gasteiger partial charge >= 0.3 is 6.18 Å². The van der Waals surface area contributed by atoms with Crippen LogP contribution in [-0.2, 0) is 0 Å². The Hall–Kier alpha value is -1.63. The molecule has 17 heavy (non-hydrogen) atoms. The molecule has 1 aromatic carbocycles. The highest BCUT2D eigenvalue weighted by molar-refractivity contribution is 5.59. The average molecular weight is 250 g/mol. The molecular weight excluding hydrogens is 237 g/mol. The lowest BCUT2D eigenvalue weighted by Crippen LogP contribution is -2.35. The normalized spacial score (nSPS) is 13.2. The number of rotatable bonds is 4. The van der Waals surface area contributed by atoms with E-state index in [0.29, 0.717) is 17.1 Å². The summed E-state index contributed by atoms with van der Waals surface area (Å²) in [4.78, 5) is 0. The monoisotopic (exact) mass is 250 g/mol. The van der Waals surface area contributed by atoms with E-state index in [2.05, 4.69) is 5.32 Å². The number of methoxy groups -OCH3 is 1. The third-order valence-electron chi connectivity index (χ3n) is 2.04. The van der Waals surface area contributed by atoms with Gasteiger partial charge in [0.2, 0.25) is 0 Å². The van der Waals surface area contributed by atoms with Crippen LogP contribution in [0.3, 0.4) is 0 Å². The van der Waals surface area contributed by atoms with Crippen molar-refractivity contribution < 1.29 is 23.0 Å². The molecule has 1 unspecified atom stereocenters. The fourth-order valence-electron chi connectivity index (χ4n) is 1.17. The lowest BCUT2D eigenvalue weighted by Gasteiger charge is -2.16. The van der Waals surface area contributed by atoms with E-state index < -0.39 is 18.8 Å². The zero-order chi connectivity index (χ0) is 13.1. The minimum Gasteiger partial charge on any atom is -0.497 e. The molecular formula is C10H13F3N2O2. The summed E-state index contributed by atoms with van der Waals surface area (Å²) in [7, 11) is 1.42. The van der Waals surface area contributed by atoms with Crippen molar-refractivity contribution in [1.82, 2.24) is 0 Å². The fourth-order valence-corrected chi connectivity index (χ4v) is 1.17. The van der Waals surface area contributed by atoms with Crippen LogP contribution in [-0.4, -0.2) is 31.0 Å². The number of hydrogen-bond donors (Lipinski definition) is 3. The van der Waals surface area contributed by atoms with E-state index in [0.717, 1.165) is 0 Å². The van der Waals surface area contributed by atoms with Crippen LogP contribution in [0.25, 0.3) is 0 Å². The predicted octanol–water partition coefficient (Wildman–Crippen LogP) is 1.61. The number of nitrogens with two attached hydrogens (primary N) is 1. The van der Waals surface area contributed by atoms with E-state index in [9.17, 15) is 13.2 Å². The third kappa shape index (κ3) is 4.03. The molecule has 4 nitrogen and oxygen atoms in total. The molecule has 0 saturated heterocycles. The number of benzene rings is 1. The number of nitrogens with one attached hydrogen (secondary N) is 1. The van der Waals surface area contributed by atoms with Gasteiger partial charge in [0.05, 0.1) is 7.11 Å². The van der Waals surface area contributed by atoms with Crippen LogP contribution in [0.1, 0.15) is 0 Å². The van der Waals surface area contributed by atoms with E-state index in [1.165, 1.54) is 25.3 Å². The molecule has 1 rings (SSSR count). The number of halogens is 3. The van der Waals surface area contributed by atoms with Gasteiger partial charge in [-0.05, 0) is 6.07 Å². The van der Waals surface area contributed by atoms with E-state index in [-0.39, 0.29) is 0 Å². The van der Waals surface area contributed by atoms with Gasteiger partial charge < -0.3 is 20.9 Å². The van der Waals surface area contributed by atoms with Gasteiger partial charge in [0.25, 0.3) is 0 Å². The van der Waals surface area contributed by atoms with E-state index in [4.69, 9.17) is 15.6 Å². The zero-order valence-electron chi connectivity index (χ0n) is 9.08. The first kappa shape index (κ1) is 13.4. The molecule has 0 aliphatic heterocycles.